The van der Waals surface area contributed by atoms with Crippen molar-refractivity contribution in [2.24, 2.45) is 0 Å². The summed E-state index contributed by atoms with van der Waals surface area (Å²) in [4.78, 5) is 3.75. The van der Waals surface area contributed by atoms with Crippen molar-refractivity contribution in [1.82, 2.24) is 4.98 Å². The van der Waals surface area contributed by atoms with E-state index in [9.17, 15) is 8.78 Å². The lowest BCUT2D eigenvalue weighted by Crippen LogP contribution is -1.81. The molecule has 0 radical (unpaired) electrons. The number of benzene rings is 1. The lowest BCUT2D eigenvalue weighted by molar-refractivity contribution is 0.593. The maximum atomic E-state index is 12.9. The van der Waals surface area contributed by atoms with Crippen molar-refractivity contribution in [3.05, 3.63) is 23.8 Å². The highest BCUT2D eigenvalue weighted by Gasteiger charge is 2.07. The highest BCUT2D eigenvalue weighted by atomic mass is 32.1. The normalized spacial score (nSPS) is 8.88. The van der Waals surface area contributed by atoms with E-state index in [1.165, 1.54) is 0 Å². The third kappa shape index (κ3) is 3.41. The van der Waals surface area contributed by atoms with Crippen molar-refractivity contribution in [1.29, 1.82) is 0 Å². The summed E-state index contributed by atoms with van der Waals surface area (Å²) in [6.07, 6.45) is 0. The summed E-state index contributed by atoms with van der Waals surface area (Å²) in [6.45, 7) is 8.00. The van der Waals surface area contributed by atoms with E-state index < -0.39 is 11.6 Å². The summed E-state index contributed by atoms with van der Waals surface area (Å²) in [5.74, 6) is -1.25. The van der Waals surface area contributed by atoms with Gasteiger partial charge in [-0.05, 0) is 0 Å². The van der Waals surface area contributed by atoms with Crippen LogP contribution < -0.4 is 5.73 Å². The first-order chi connectivity index (χ1) is 7.66. The first kappa shape index (κ1) is 14.8. The summed E-state index contributed by atoms with van der Waals surface area (Å²) in [6, 6.07) is 1.98. The third-order valence-electron chi connectivity index (χ3n) is 1.43. The number of hydrogen-bond donors (Lipinski definition) is 1. The van der Waals surface area contributed by atoms with Gasteiger partial charge in [-0.2, -0.15) is 0 Å². The average molecular weight is 246 g/mol. The third-order valence-corrected chi connectivity index (χ3v) is 2.33. The van der Waals surface area contributed by atoms with Gasteiger partial charge >= 0.3 is 0 Å². The van der Waals surface area contributed by atoms with Crippen molar-refractivity contribution in [2.45, 2.75) is 27.7 Å². The molecule has 0 saturated carbocycles. The Balaban J connectivity index is 0.000000509. The monoisotopic (exact) mass is 246 g/mol. The van der Waals surface area contributed by atoms with Crippen LogP contribution in [0.4, 0.5) is 13.9 Å². The number of aromatic nitrogens is 1. The molecule has 0 fully saturated rings. The van der Waals surface area contributed by atoms with Crippen molar-refractivity contribution in [3.63, 3.8) is 0 Å². The molecule has 16 heavy (non-hydrogen) atoms. The first-order valence-corrected chi connectivity index (χ1v) is 5.99. The molecule has 0 atom stereocenters. The predicted molar refractivity (Wildman–Crippen MR) is 66.6 cm³/mol. The van der Waals surface area contributed by atoms with Crippen LogP contribution in [0.5, 0.6) is 0 Å². The molecule has 0 spiro atoms. The molecule has 0 aliphatic heterocycles. The Bertz CT molecular complexity index is 441. The Morgan fingerprint density at radius 2 is 1.69 bits per heavy atom. The molecular formula is C11H16F2N2S. The number of rotatable bonds is 0. The number of halogens is 2. The van der Waals surface area contributed by atoms with Crippen molar-refractivity contribution in [2.75, 3.05) is 5.73 Å². The topological polar surface area (TPSA) is 38.9 Å². The summed E-state index contributed by atoms with van der Waals surface area (Å²) >= 11 is 1.01. The summed E-state index contributed by atoms with van der Waals surface area (Å²) in [5.41, 5.74) is 5.60. The molecule has 0 aliphatic carbocycles. The summed E-state index contributed by atoms with van der Waals surface area (Å²) in [5, 5.41) is 0.245. The molecule has 0 bridgehead atoms. The number of fused-ring (bicyclic) bond motifs is 1. The number of nitrogens with zero attached hydrogens (tertiary/aromatic N) is 1. The SMILES string of the molecule is CC.CC.Nc1nc2cc(F)cc(F)c2s1. The molecule has 2 N–H and O–H groups in total. The van der Waals surface area contributed by atoms with E-state index in [4.69, 9.17) is 5.73 Å². The van der Waals surface area contributed by atoms with Gasteiger partial charge in [-0.1, -0.05) is 39.0 Å². The fraction of sp³-hybridized carbons (Fsp3) is 0.364. The average Bonchev–Trinajstić information content (AvgIpc) is 2.65. The van der Waals surface area contributed by atoms with Crippen molar-refractivity contribution >= 4 is 26.7 Å². The van der Waals surface area contributed by atoms with Crippen LogP contribution in [0.2, 0.25) is 0 Å². The molecule has 90 valence electrons. The Labute approximate surface area is 98.1 Å². The van der Waals surface area contributed by atoms with Crippen LogP contribution in [-0.2, 0) is 0 Å². The van der Waals surface area contributed by atoms with Gasteiger partial charge in [0.05, 0.1) is 10.2 Å². The zero-order chi connectivity index (χ0) is 12.7. The first-order valence-electron chi connectivity index (χ1n) is 5.18. The fourth-order valence-electron chi connectivity index (χ4n) is 0.977. The van der Waals surface area contributed by atoms with E-state index in [-0.39, 0.29) is 10.6 Å². The quantitative estimate of drug-likeness (QED) is 0.756. The van der Waals surface area contributed by atoms with E-state index in [0.717, 1.165) is 23.5 Å². The van der Waals surface area contributed by atoms with Gasteiger partial charge in [0.2, 0.25) is 0 Å². The van der Waals surface area contributed by atoms with Gasteiger partial charge in [0.25, 0.3) is 0 Å². The Morgan fingerprint density at radius 1 is 1.12 bits per heavy atom. The number of thiazole rings is 1. The van der Waals surface area contributed by atoms with Crippen molar-refractivity contribution < 1.29 is 8.78 Å². The molecule has 1 aromatic heterocycles. The highest BCUT2D eigenvalue weighted by molar-refractivity contribution is 7.22. The van der Waals surface area contributed by atoms with Crippen LogP contribution in [0.1, 0.15) is 27.7 Å². The lowest BCUT2D eigenvalue weighted by Gasteiger charge is -1.89. The number of hydrogen-bond acceptors (Lipinski definition) is 3. The molecule has 0 saturated heterocycles. The minimum atomic E-state index is -0.634. The van der Waals surface area contributed by atoms with E-state index in [2.05, 4.69) is 4.98 Å². The Hall–Kier alpha value is -1.23. The van der Waals surface area contributed by atoms with Crippen molar-refractivity contribution in [3.8, 4) is 0 Å². The van der Waals surface area contributed by atoms with Gasteiger partial charge < -0.3 is 5.73 Å². The second kappa shape index (κ2) is 7.11. The zero-order valence-corrected chi connectivity index (χ0v) is 10.7. The second-order valence-electron chi connectivity index (χ2n) is 2.29. The molecule has 5 heteroatoms. The number of nitrogen functional groups attached to an aromatic ring is 1. The molecule has 2 nitrogen and oxygen atoms in total. The maximum absolute atomic E-state index is 12.9. The fourth-order valence-corrected chi connectivity index (χ4v) is 1.70. The van der Waals surface area contributed by atoms with Crippen LogP contribution in [0.15, 0.2) is 12.1 Å². The molecule has 2 rings (SSSR count). The van der Waals surface area contributed by atoms with Crippen LogP contribution >= 0.6 is 11.3 Å². The summed E-state index contributed by atoms with van der Waals surface area (Å²) < 4.78 is 25.8. The molecule has 0 aliphatic rings. The molecule has 0 unspecified atom stereocenters. The van der Waals surface area contributed by atoms with Gasteiger partial charge in [0.1, 0.15) is 11.6 Å². The smallest absolute Gasteiger partial charge is 0.181 e. The zero-order valence-electron chi connectivity index (χ0n) is 9.84. The number of nitrogens with two attached hydrogens (primary N) is 1. The maximum Gasteiger partial charge on any atom is 0.181 e. The molecule has 2 aromatic rings. The highest BCUT2D eigenvalue weighted by Crippen LogP contribution is 2.26. The number of anilines is 1. The van der Waals surface area contributed by atoms with Gasteiger partial charge in [0.15, 0.2) is 5.13 Å². The minimum absolute atomic E-state index is 0.245. The minimum Gasteiger partial charge on any atom is -0.375 e. The summed E-state index contributed by atoms with van der Waals surface area (Å²) in [7, 11) is 0. The Kier molecular flexibility index (Phi) is 6.56. The second-order valence-corrected chi connectivity index (χ2v) is 3.32. The van der Waals surface area contributed by atoms with E-state index in [1.807, 2.05) is 27.7 Å². The van der Waals surface area contributed by atoms with Gasteiger partial charge in [-0.15, -0.1) is 0 Å². The van der Waals surface area contributed by atoms with E-state index >= 15 is 0 Å². The van der Waals surface area contributed by atoms with Crippen LogP contribution in [0.25, 0.3) is 10.2 Å². The van der Waals surface area contributed by atoms with E-state index in [1.54, 1.807) is 0 Å². The lowest BCUT2D eigenvalue weighted by atomic mass is 10.3. The standard InChI is InChI=1S/C7H4F2N2S.2C2H6/c8-3-1-4(9)6-5(2-3)11-7(10)12-6;2*1-2/h1-2H,(H2,10,11);2*1-2H3. The largest absolute Gasteiger partial charge is 0.375 e. The van der Waals surface area contributed by atoms with Gasteiger partial charge in [0, 0.05) is 12.1 Å². The predicted octanol–water partition coefficient (Wildman–Crippen LogP) is 4.21. The van der Waals surface area contributed by atoms with Crippen LogP contribution in [0.3, 0.4) is 0 Å². The van der Waals surface area contributed by atoms with Gasteiger partial charge in [-0.3, -0.25) is 0 Å². The molecule has 0 amide bonds. The van der Waals surface area contributed by atoms with Crippen LogP contribution in [-0.4, -0.2) is 4.98 Å². The van der Waals surface area contributed by atoms with E-state index in [0.29, 0.717) is 4.70 Å². The molecular weight excluding hydrogens is 230 g/mol. The molecule has 1 aromatic carbocycles. The Morgan fingerprint density at radius 3 is 2.25 bits per heavy atom. The van der Waals surface area contributed by atoms with Gasteiger partial charge in [-0.25, -0.2) is 13.8 Å². The van der Waals surface area contributed by atoms with Crippen LogP contribution in [0, 0.1) is 11.6 Å². The molecule has 1 heterocycles.